The summed E-state index contributed by atoms with van der Waals surface area (Å²) in [7, 11) is 0. The number of carbonyl (C=O) groups excluding carboxylic acids is 2. The largest absolute Gasteiger partial charge is 0.345 e. The van der Waals surface area contributed by atoms with Crippen LogP contribution in [0.2, 0.25) is 0 Å². The van der Waals surface area contributed by atoms with E-state index >= 15 is 0 Å². The maximum Gasteiger partial charge on any atom is 0.245 e. The molecule has 1 aliphatic rings. The van der Waals surface area contributed by atoms with E-state index in [4.69, 9.17) is 0 Å². The van der Waals surface area contributed by atoms with Gasteiger partial charge in [-0.05, 0) is 32.9 Å². The molecule has 102 valence electrons. The van der Waals surface area contributed by atoms with E-state index in [-0.39, 0.29) is 17.9 Å². The third-order valence-corrected chi connectivity index (χ3v) is 3.32. The van der Waals surface area contributed by atoms with Gasteiger partial charge in [-0.25, -0.2) is 0 Å². The van der Waals surface area contributed by atoms with Gasteiger partial charge in [0.15, 0.2) is 0 Å². The number of hydrogen-bond donors (Lipinski definition) is 1. The second kappa shape index (κ2) is 5.38. The van der Waals surface area contributed by atoms with E-state index in [0.717, 1.165) is 11.4 Å². The molecule has 2 atom stereocenters. The maximum absolute atomic E-state index is 12.3. The van der Waals surface area contributed by atoms with Crippen molar-refractivity contribution < 1.29 is 9.59 Å². The molecule has 0 bridgehead atoms. The van der Waals surface area contributed by atoms with Gasteiger partial charge < -0.3 is 10.2 Å². The molecular weight excluding hydrogens is 242 g/mol. The molecule has 1 aliphatic heterocycles. The predicted molar refractivity (Wildman–Crippen MR) is 71.2 cm³/mol. The molecule has 5 heteroatoms. The van der Waals surface area contributed by atoms with Crippen molar-refractivity contribution in [2.45, 2.75) is 45.8 Å². The number of hydrogen-bond acceptors (Lipinski definition) is 3. The summed E-state index contributed by atoms with van der Waals surface area (Å²) >= 11 is 0. The van der Waals surface area contributed by atoms with Crippen molar-refractivity contribution in [3.63, 3.8) is 0 Å². The Morgan fingerprint density at radius 2 is 2.11 bits per heavy atom. The maximum atomic E-state index is 12.3. The summed E-state index contributed by atoms with van der Waals surface area (Å²) in [5.41, 5.74) is 1.77. The second-order valence-corrected chi connectivity index (χ2v) is 5.08. The fourth-order valence-corrected chi connectivity index (χ4v) is 2.30. The Balaban J connectivity index is 2.21. The average Bonchev–Trinajstić information content (AvgIpc) is 2.41. The average molecular weight is 261 g/mol. The molecule has 0 spiro atoms. The van der Waals surface area contributed by atoms with Crippen LogP contribution in [0.15, 0.2) is 18.2 Å². The molecule has 0 saturated carbocycles. The van der Waals surface area contributed by atoms with Gasteiger partial charge in [-0.15, -0.1) is 0 Å². The van der Waals surface area contributed by atoms with Crippen molar-refractivity contribution in [1.82, 2.24) is 15.2 Å². The molecule has 1 aromatic heterocycles. The van der Waals surface area contributed by atoms with E-state index in [0.29, 0.717) is 13.0 Å². The lowest BCUT2D eigenvalue weighted by molar-refractivity contribution is -0.135. The van der Waals surface area contributed by atoms with Crippen LogP contribution in [0.1, 0.15) is 31.7 Å². The van der Waals surface area contributed by atoms with Crippen LogP contribution in [0.3, 0.4) is 0 Å². The lowest BCUT2D eigenvalue weighted by atomic mass is 10.2. The molecule has 19 heavy (non-hydrogen) atoms. The molecule has 1 N–H and O–H groups in total. The van der Waals surface area contributed by atoms with Crippen LogP contribution in [0.25, 0.3) is 0 Å². The van der Waals surface area contributed by atoms with Crippen LogP contribution in [0.5, 0.6) is 0 Å². The van der Waals surface area contributed by atoms with Crippen molar-refractivity contribution in [2.24, 2.45) is 0 Å². The summed E-state index contributed by atoms with van der Waals surface area (Å²) in [5.74, 6) is -0.130. The summed E-state index contributed by atoms with van der Waals surface area (Å²) in [6.07, 6.45) is 0.335. The summed E-state index contributed by atoms with van der Waals surface area (Å²) in [6.45, 7) is 5.98. The first-order valence-electron chi connectivity index (χ1n) is 6.49. The van der Waals surface area contributed by atoms with Gasteiger partial charge in [0.05, 0.1) is 12.2 Å². The molecule has 1 saturated heterocycles. The van der Waals surface area contributed by atoms with E-state index in [1.807, 2.05) is 32.0 Å². The van der Waals surface area contributed by atoms with Crippen molar-refractivity contribution in [3.05, 3.63) is 29.6 Å². The standard InChI is InChI=1S/C14H19N3O2/c1-9-5-4-6-12(15-9)8-17-10(2)7-13(18)16-11(3)14(17)19/h4-6,10-11H,7-8H2,1-3H3,(H,16,18). The summed E-state index contributed by atoms with van der Waals surface area (Å²) in [5, 5.41) is 2.70. The molecule has 2 amide bonds. The van der Waals surface area contributed by atoms with Crippen LogP contribution < -0.4 is 5.32 Å². The minimum absolute atomic E-state index is 0.0540. The monoisotopic (exact) mass is 261 g/mol. The number of nitrogens with one attached hydrogen (secondary N) is 1. The molecule has 5 nitrogen and oxygen atoms in total. The normalized spacial score (nSPS) is 24.1. The second-order valence-electron chi connectivity index (χ2n) is 5.08. The van der Waals surface area contributed by atoms with E-state index in [1.54, 1.807) is 11.8 Å². The van der Waals surface area contributed by atoms with Gasteiger partial charge in [0.1, 0.15) is 6.04 Å². The third kappa shape index (κ3) is 3.10. The zero-order chi connectivity index (χ0) is 14.0. The Morgan fingerprint density at radius 1 is 1.37 bits per heavy atom. The highest BCUT2D eigenvalue weighted by Gasteiger charge is 2.31. The highest BCUT2D eigenvalue weighted by atomic mass is 16.2. The van der Waals surface area contributed by atoms with Crippen LogP contribution in [-0.4, -0.2) is 33.8 Å². The van der Waals surface area contributed by atoms with E-state index < -0.39 is 6.04 Å². The van der Waals surface area contributed by atoms with Crippen molar-refractivity contribution >= 4 is 11.8 Å². The quantitative estimate of drug-likeness (QED) is 0.864. The number of rotatable bonds is 2. The SMILES string of the molecule is Cc1cccc(CN2C(=O)C(C)NC(=O)CC2C)n1. The molecule has 1 fully saturated rings. The van der Waals surface area contributed by atoms with Gasteiger partial charge in [-0.3, -0.25) is 14.6 Å². The number of nitrogens with zero attached hydrogens (tertiary/aromatic N) is 2. The smallest absolute Gasteiger partial charge is 0.245 e. The number of amides is 2. The minimum atomic E-state index is -0.470. The first-order chi connectivity index (χ1) is 8.97. The first kappa shape index (κ1) is 13.5. The van der Waals surface area contributed by atoms with Crippen molar-refractivity contribution in [2.75, 3.05) is 0 Å². The van der Waals surface area contributed by atoms with E-state index in [1.165, 1.54) is 0 Å². The van der Waals surface area contributed by atoms with Crippen molar-refractivity contribution in [1.29, 1.82) is 0 Å². The minimum Gasteiger partial charge on any atom is -0.345 e. The molecule has 2 heterocycles. The lowest BCUT2D eigenvalue weighted by Crippen LogP contribution is -2.44. The number of carbonyl (C=O) groups is 2. The molecule has 0 radical (unpaired) electrons. The van der Waals surface area contributed by atoms with Gasteiger partial charge >= 0.3 is 0 Å². The fraction of sp³-hybridized carbons (Fsp3) is 0.500. The highest BCUT2D eigenvalue weighted by molar-refractivity contribution is 5.90. The number of aromatic nitrogens is 1. The Morgan fingerprint density at radius 3 is 2.79 bits per heavy atom. The van der Waals surface area contributed by atoms with Crippen LogP contribution in [-0.2, 0) is 16.1 Å². The summed E-state index contributed by atoms with van der Waals surface area (Å²) in [6, 6.07) is 5.17. The van der Waals surface area contributed by atoms with Crippen molar-refractivity contribution in [3.8, 4) is 0 Å². The zero-order valence-electron chi connectivity index (χ0n) is 11.5. The molecule has 1 aromatic rings. The zero-order valence-corrected chi connectivity index (χ0v) is 11.5. The first-order valence-corrected chi connectivity index (χ1v) is 6.49. The van der Waals surface area contributed by atoms with Gasteiger partial charge in [0, 0.05) is 18.2 Å². The Hall–Kier alpha value is -1.91. The van der Waals surface area contributed by atoms with Gasteiger partial charge in [-0.1, -0.05) is 6.07 Å². The van der Waals surface area contributed by atoms with Gasteiger partial charge in [0.25, 0.3) is 0 Å². The van der Waals surface area contributed by atoms with Crippen LogP contribution >= 0.6 is 0 Å². The molecular formula is C14H19N3O2. The Kier molecular flexibility index (Phi) is 3.83. The molecule has 2 rings (SSSR count). The molecule has 0 aliphatic carbocycles. The number of pyridine rings is 1. The Labute approximate surface area is 113 Å². The molecule has 0 aromatic carbocycles. The lowest BCUT2D eigenvalue weighted by Gasteiger charge is -2.27. The summed E-state index contributed by atoms with van der Waals surface area (Å²) in [4.78, 5) is 30.0. The third-order valence-electron chi connectivity index (χ3n) is 3.32. The van der Waals surface area contributed by atoms with Crippen LogP contribution in [0, 0.1) is 6.92 Å². The number of aryl methyl sites for hydroxylation is 1. The summed E-state index contributed by atoms with van der Waals surface area (Å²) < 4.78 is 0. The fourth-order valence-electron chi connectivity index (χ4n) is 2.30. The predicted octanol–water partition coefficient (Wildman–Crippen LogP) is 1.02. The Bertz CT molecular complexity index is 501. The molecule has 2 unspecified atom stereocenters. The van der Waals surface area contributed by atoms with Crippen LogP contribution in [0.4, 0.5) is 0 Å². The highest BCUT2D eigenvalue weighted by Crippen LogP contribution is 2.14. The van der Waals surface area contributed by atoms with Gasteiger partial charge in [0.2, 0.25) is 11.8 Å². The van der Waals surface area contributed by atoms with Gasteiger partial charge in [-0.2, -0.15) is 0 Å². The van der Waals surface area contributed by atoms with E-state index in [2.05, 4.69) is 10.3 Å². The van der Waals surface area contributed by atoms with E-state index in [9.17, 15) is 9.59 Å². The topological polar surface area (TPSA) is 62.3 Å².